The zero-order valence-electron chi connectivity index (χ0n) is 14.6. The zero-order valence-corrected chi connectivity index (χ0v) is 16.2. The van der Waals surface area contributed by atoms with Gasteiger partial charge in [-0.25, -0.2) is 0 Å². The summed E-state index contributed by atoms with van der Waals surface area (Å²) in [4.78, 5) is 11.9. The number of amides is 1. The predicted molar refractivity (Wildman–Crippen MR) is 106 cm³/mol. The lowest BCUT2D eigenvalue weighted by Gasteiger charge is -2.05. The third-order valence-corrected chi connectivity index (χ3v) is 4.62. The molecular weight excluding hydrogens is 386 g/mol. The van der Waals surface area contributed by atoms with Gasteiger partial charge in [0.25, 0.3) is 5.91 Å². The van der Waals surface area contributed by atoms with Crippen LogP contribution >= 0.6 is 22.9 Å². The summed E-state index contributed by atoms with van der Waals surface area (Å²) in [6.45, 7) is 2.39. The molecule has 1 amide bonds. The Morgan fingerprint density at radius 3 is 2.70 bits per heavy atom. The van der Waals surface area contributed by atoms with Crippen molar-refractivity contribution < 1.29 is 14.3 Å². The number of ether oxygens (including phenoxy) is 2. The fourth-order valence-electron chi connectivity index (χ4n) is 2.20. The van der Waals surface area contributed by atoms with Crippen molar-refractivity contribution in [3.05, 3.63) is 64.1 Å². The van der Waals surface area contributed by atoms with E-state index in [0.717, 1.165) is 16.3 Å². The molecule has 27 heavy (non-hydrogen) atoms. The monoisotopic (exact) mass is 403 g/mol. The first-order valence-electron chi connectivity index (χ1n) is 8.28. The van der Waals surface area contributed by atoms with E-state index in [1.54, 1.807) is 24.3 Å². The first-order chi connectivity index (χ1) is 13.1. The van der Waals surface area contributed by atoms with Crippen molar-refractivity contribution in [3.63, 3.8) is 0 Å². The molecule has 0 unspecified atom stereocenters. The third kappa shape index (κ3) is 6.23. The summed E-state index contributed by atoms with van der Waals surface area (Å²) in [7, 11) is 0. The van der Waals surface area contributed by atoms with E-state index in [4.69, 9.17) is 21.1 Å². The van der Waals surface area contributed by atoms with Gasteiger partial charge in [0, 0.05) is 11.4 Å². The van der Waals surface area contributed by atoms with Gasteiger partial charge in [0.2, 0.25) is 5.13 Å². The molecular formula is C19H18ClN3O3S. The summed E-state index contributed by atoms with van der Waals surface area (Å²) in [5.74, 6) is 1.09. The van der Waals surface area contributed by atoms with Crippen molar-refractivity contribution in [1.82, 2.24) is 10.2 Å². The number of anilines is 1. The molecule has 1 N–H and O–H groups in total. The number of carbonyl (C=O) groups excluding carboxylic acids is 1. The molecule has 0 aliphatic carbocycles. The molecule has 1 heterocycles. The first-order valence-corrected chi connectivity index (χ1v) is 9.48. The van der Waals surface area contributed by atoms with Crippen LogP contribution in [0.15, 0.2) is 48.5 Å². The Balaban J connectivity index is 1.41. The number of hydrogen-bond donors (Lipinski definition) is 1. The Kier molecular flexibility index (Phi) is 6.62. The quantitative estimate of drug-likeness (QED) is 0.612. The third-order valence-electron chi connectivity index (χ3n) is 3.47. The predicted octanol–water partition coefficient (Wildman–Crippen LogP) is 4.14. The van der Waals surface area contributed by atoms with Crippen LogP contribution in [0.2, 0.25) is 5.02 Å². The van der Waals surface area contributed by atoms with Crippen LogP contribution in [0, 0.1) is 6.92 Å². The van der Waals surface area contributed by atoms with Crippen LogP contribution in [-0.2, 0) is 11.2 Å². The molecule has 8 heteroatoms. The van der Waals surface area contributed by atoms with E-state index >= 15 is 0 Å². The molecule has 2 aromatic carbocycles. The van der Waals surface area contributed by atoms with Crippen molar-refractivity contribution in [1.29, 1.82) is 0 Å². The lowest BCUT2D eigenvalue weighted by Crippen LogP contribution is -2.20. The molecule has 3 aromatic rings. The lowest BCUT2D eigenvalue weighted by molar-refractivity contribution is -0.118. The topological polar surface area (TPSA) is 73.3 Å². The Morgan fingerprint density at radius 2 is 1.93 bits per heavy atom. The molecule has 6 nitrogen and oxygen atoms in total. The van der Waals surface area contributed by atoms with Crippen LogP contribution in [-0.4, -0.2) is 29.3 Å². The Bertz CT molecular complexity index is 899. The highest BCUT2D eigenvalue weighted by molar-refractivity contribution is 7.15. The molecule has 0 aliphatic heterocycles. The van der Waals surface area contributed by atoms with Crippen molar-refractivity contribution in [2.24, 2.45) is 0 Å². The van der Waals surface area contributed by atoms with Gasteiger partial charge in [0.1, 0.15) is 16.5 Å². The second-order valence-corrected chi connectivity index (χ2v) is 7.21. The lowest BCUT2D eigenvalue weighted by atomic mass is 10.2. The molecule has 0 aliphatic rings. The number of aryl methyl sites for hydroxylation is 1. The van der Waals surface area contributed by atoms with E-state index in [0.29, 0.717) is 28.9 Å². The molecule has 0 radical (unpaired) electrons. The zero-order chi connectivity index (χ0) is 19.1. The molecule has 0 spiro atoms. The van der Waals surface area contributed by atoms with Crippen LogP contribution in [0.1, 0.15) is 10.6 Å². The largest absolute Gasteiger partial charge is 0.493 e. The van der Waals surface area contributed by atoms with E-state index in [1.807, 2.05) is 31.2 Å². The number of nitrogens with zero attached hydrogens (tertiary/aromatic N) is 2. The van der Waals surface area contributed by atoms with Gasteiger partial charge >= 0.3 is 0 Å². The van der Waals surface area contributed by atoms with Gasteiger partial charge in [-0.1, -0.05) is 35.1 Å². The second kappa shape index (κ2) is 9.34. The number of benzene rings is 2. The van der Waals surface area contributed by atoms with Gasteiger partial charge in [-0.05, 0) is 48.9 Å². The highest BCUT2D eigenvalue weighted by Gasteiger charge is 2.09. The van der Waals surface area contributed by atoms with E-state index in [9.17, 15) is 4.79 Å². The normalized spacial score (nSPS) is 10.4. The fourth-order valence-corrected chi connectivity index (χ4v) is 3.06. The summed E-state index contributed by atoms with van der Waals surface area (Å²) in [5.41, 5.74) is 1.15. The Morgan fingerprint density at radius 1 is 1.11 bits per heavy atom. The molecule has 1 aromatic heterocycles. The maximum absolute atomic E-state index is 11.9. The maximum atomic E-state index is 11.9. The minimum Gasteiger partial charge on any atom is -0.493 e. The molecule has 0 saturated heterocycles. The highest BCUT2D eigenvalue weighted by atomic mass is 35.5. The number of aromatic nitrogens is 2. The van der Waals surface area contributed by atoms with Crippen molar-refractivity contribution in [2.75, 3.05) is 18.5 Å². The Labute approximate surface area is 166 Å². The van der Waals surface area contributed by atoms with Crippen molar-refractivity contribution in [2.45, 2.75) is 13.3 Å². The van der Waals surface area contributed by atoms with Crippen LogP contribution in [0.25, 0.3) is 0 Å². The Hall–Kier alpha value is -2.64. The SMILES string of the molecule is Cc1cccc(OCCc2nnc(NC(=O)COc3ccc(Cl)cc3)s2)c1. The van der Waals surface area contributed by atoms with Gasteiger partial charge in [-0.15, -0.1) is 10.2 Å². The molecule has 0 bridgehead atoms. The molecule has 0 atom stereocenters. The maximum Gasteiger partial charge on any atom is 0.264 e. The molecule has 0 fully saturated rings. The second-order valence-electron chi connectivity index (χ2n) is 5.71. The van der Waals surface area contributed by atoms with Crippen molar-refractivity contribution >= 4 is 34.0 Å². The molecule has 0 saturated carbocycles. The van der Waals surface area contributed by atoms with E-state index in [2.05, 4.69) is 15.5 Å². The average Bonchev–Trinajstić information content (AvgIpc) is 3.08. The van der Waals surface area contributed by atoms with E-state index in [1.165, 1.54) is 11.3 Å². The summed E-state index contributed by atoms with van der Waals surface area (Å²) >= 11 is 7.12. The smallest absolute Gasteiger partial charge is 0.264 e. The van der Waals surface area contributed by atoms with Gasteiger partial charge < -0.3 is 9.47 Å². The van der Waals surface area contributed by atoms with Crippen molar-refractivity contribution in [3.8, 4) is 11.5 Å². The number of rotatable bonds is 8. The minimum atomic E-state index is -0.302. The van der Waals surface area contributed by atoms with Crippen LogP contribution < -0.4 is 14.8 Å². The molecule has 3 rings (SSSR count). The van der Waals surface area contributed by atoms with Gasteiger partial charge in [-0.2, -0.15) is 0 Å². The highest BCUT2D eigenvalue weighted by Crippen LogP contribution is 2.18. The van der Waals surface area contributed by atoms with Gasteiger partial charge in [0.05, 0.1) is 6.61 Å². The molecule has 140 valence electrons. The van der Waals surface area contributed by atoms with Crippen LogP contribution in [0.3, 0.4) is 0 Å². The summed E-state index contributed by atoms with van der Waals surface area (Å²) in [6.07, 6.45) is 0.614. The standard InChI is InChI=1S/C19H18ClN3O3S/c1-13-3-2-4-16(11-13)25-10-9-18-22-23-19(27-18)21-17(24)12-26-15-7-5-14(20)6-8-15/h2-8,11H,9-10,12H2,1H3,(H,21,23,24). The van der Waals surface area contributed by atoms with E-state index in [-0.39, 0.29) is 12.5 Å². The summed E-state index contributed by atoms with van der Waals surface area (Å²) in [6, 6.07) is 14.7. The minimum absolute atomic E-state index is 0.118. The number of hydrogen-bond acceptors (Lipinski definition) is 6. The van der Waals surface area contributed by atoms with Crippen LogP contribution in [0.5, 0.6) is 11.5 Å². The first kappa shape index (κ1) is 19.1. The fraction of sp³-hybridized carbons (Fsp3) is 0.211. The number of nitrogens with one attached hydrogen (secondary N) is 1. The number of carbonyl (C=O) groups is 1. The van der Waals surface area contributed by atoms with Gasteiger partial charge in [-0.3, -0.25) is 10.1 Å². The summed E-state index contributed by atoms with van der Waals surface area (Å²) in [5, 5.41) is 12.5. The summed E-state index contributed by atoms with van der Waals surface area (Å²) < 4.78 is 11.1. The van der Waals surface area contributed by atoms with Crippen LogP contribution in [0.4, 0.5) is 5.13 Å². The number of halogens is 1. The average molecular weight is 404 g/mol. The van der Waals surface area contributed by atoms with E-state index < -0.39 is 0 Å². The van der Waals surface area contributed by atoms with Gasteiger partial charge in [0.15, 0.2) is 6.61 Å².